The van der Waals surface area contributed by atoms with Crippen molar-refractivity contribution in [2.24, 2.45) is 0 Å². The van der Waals surface area contributed by atoms with E-state index in [1.807, 2.05) is 47.7 Å². The Bertz CT molecular complexity index is 1300. The largest absolute Gasteiger partial charge is 0.454 e. The zero-order valence-electron chi connectivity index (χ0n) is 15.6. The number of hydrogen-bond acceptors (Lipinski definition) is 6. The van der Waals surface area contributed by atoms with Crippen molar-refractivity contribution in [1.82, 2.24) is 19.2 Å². The van der Waals surface area contributed by atoms with Gasteiger partial charge in [0.2, 0.25) is 12.6 Å². The smallest absolute Gasteiger partial charge is 0.262 e. The minimum atomic E-state index is -0.0403. The van der Waals surface area contributed by atoms with Crippen molar-refractivity contribution in [2.75, 3.05) is 6.79 Å². The van der Waals surface area contributed by atoms with Crippen molar-refractivity contribution in [2.45, 2.75) is 30.8 Å². The highest BCUT2D eigenvalue weighted by atomic mass is 35.5. The Morgan fingerprint density at radius 2 is 2.07 bits per heavy atom. The summed E-state index contributed by atoms with van der Waals surface area (Å²) >= 11 is 7.83. The molecule has 5 rings (SSSR count). The SMILES string of the molecule is CCCn1c(=O)c2ccccc2n2c(SCc3cc(Cl)c4c(c3)OCO4)nnc12. The van der Waals surface area contributed by atoms with Gasteiger partial charge in [0, 0.05) is 12.3 Å². The van der Waals surface area contributed by atoms with Crippen LogP contribution >= 0.6 is 23.4 Å². The summed E-state index contributed by atoms with van der Waals surface area (Å²) in [7, 11) is 0. The van der Waals surface area contributed by atoms with E-state index in [1.165, 1.54) is 11.8 Å². The van der Waals surface area contributed by atoms with Crippen LogP contribution in [0.4, 0.5) is 0 Å². The number of fused-ring (bicyclic) bond motifs is 4. The van der Waals surface area contributed by atoms with E-state index in [-0.39, 0.29) is 12.4 Å². The van der Waals surface area contributed by atoms with E-state index < -0.39 is 0 Å². The first-order chi connectivity index (χ1) is 14.2. The van der Waals surface area contributed by atoms with Gasteiger partial charge < -0.3 is 9.47 Å². The predicted molar refractivity (Wildman–Crippen MR) is 112 cm³/mol. The van der Waals surface area contributed by atoms with Gasteiger partial charge in [0.15, 0.2) is 16.7 Å². The normalized spacial score (nSPS) is 12.9. The summed E-state index contributed by atoms with van der Waals surface area (Å²) in [6.07, 6.45) is 0.832. The van der Waals surface area contributed by atoms with Crippen LogP contribution < -0.4 is 15.0 Å². The molecule has 0 saturated heterocycles. The number of nitrogens with zero attached hydrogens (tertiary/aromatic N) is 4. The van der Waals surface area contributed by atoms with Gasteiger partial charge in [-0.2, -0.15) is 0 Å². The molecule has 0 N–H and O–H groups in total. The summed E-state index contributed by atoms with van der Waals surface area (Å²) in [5.41, 5.74) is 1.75. The van der Waals surface area contributed by atoms with E-state index in [0.717, 1.165) is 22.7 Å². The Labute approximate surface area is 175 Å². The molecule has 3 heterocycles. The van der Waals surface area contributed by atoms with Crippen molar-refractivity contribution >= 4 is 40.0 Å². The molecule has 4 aromatic rings. The zero-order chi connectivity index (χ0) is 20.0. The van der Waals surface area contributed by atoms with Crippen molar-refractivity contribution in [3.8, 4) is 11.5 Å². The molecule has 0 amide bonds. The van der Waals surface area contributed by atoms with Crippen molar-refractivity contribution < 1.29 is 9.47 Å². The Balaban J connectivity index is 1.58. The quantitative estimate of drug-likeness (QED) is 0.445. The van der Waals surface area contributed by atoms with Crippen molar-refractivity contribution in [1.29, 1.82) is 0 Å². The first-order valence-corrected chi connectivity index (χ1v) is 10.6. The van der Waals surface area contributed by atoms with Gasteiger partial charge in [-0.05, 0) is 36.2 Å². The number of halogens is 1. The van der Waals surface area contributed by atoms with Gasteiger partial charge in [0.1, 0.15) is 0 Å². The summed E-state index contributed by atoms with van der Waals surface area (Å²) in [6.45, 7) is 2.81. The fraction of sp³-hybridized carbons (Fsp3) is 0.250. The topological polar surface area (TPSA) is 70.7 Å². The molecule has 2 aromatic heterocycles. The van der Waals surface area contributed by atoms with Crippen LogP contribution in [0, 0.1) is 0 Å². The van der Waals surface area contributed by atoms with Gasteiger partial charge in [-0.1, -0.05) is 42.4 Å². The lowest BCUT2D eigenvalue weighted by Crippen LogP contribution is -2.23. The van der Waals surface area contributed by atoms with Gasteiger partial charge in [0.25, 0.3) is 5.56 Å². The van der Waals surface area contributed by atoms with Crippen LogP contribution in [0.1, 0.15) is 18.9 Å². The fourth-order valence-corrected chi connectivity index (χ4v) is 4.66. The van der Waals surface area contributed by atoms with Crippen LogP contribution in [0.3, 0.4) is 0 Å². The van der Waals surface area contributed by atoms with Gasteiger partial charge >= 0.3 is 0 Å². The Morgan fingerprint density at radius 3 is 2.93 bits per heavy atom. The maximum atomic E-state index is 12.9. The molecular weight excluding hydrogens is 412 g/mol. The van der Waals surface area contributed by atoms with Crippen molar-refractivity contribution in [3.63, 3.8) is 0 Å². The van der Waals surface area contributed by atoms with Gasteiger partial charge in [-0.15, -0.1) is 10.2 Å². The van der Waals surface area contributed by atoms with Gasteiger partial charge in [-0.25, -0.2) is 0 Å². The molecule has 29 heavy (non-hydrogen) atoms. The molecule has 148 valence electrons. The Morgan fingerprint density at radius 1 is 1.21 bits per heavy atom. The first kappa shape index (κ1) is 18.3. The summed E-state index contributed by atoms with van der Waals surface area (Å²) in [5.74, 6) is 2.42. The van der Waals surface area contributed by atoms with E-state index in [4.69, 9.17) is 21.1 Å². The van der Waals surface area contributed by atoms with Gasteiger partial charge in [-0.3, -0.25) is 13.8 Å². The Hall–Kier alpha value is -2.71. The second kappa shape index (κ2) is 7.27. The average Bonchev–Trinajstić information content (AvgIpc) is 3.37. The van der Waals surface area contributed by atoms with E-state index in [1.54, 1.807) is 4.57 Å². The number of hydrogen-bond donors (Lipinski definition) is 0. The molecule has 7 nitrogen and oxygen atoms in total. The molecule has 0 atom stereocenters. The highest BCUT2D eigenvalue weighted by Crippen LogP contribution is 2.40. The maximum Gasteiger partial charge on any atom is 0.262 e. The molecule has 0 radical (unpaired) electrons. The highest BCUT2D eigenvalue weighted by molar-refractivity contribution is 7.98. The monoisotopic (exact) mass is 428 g/mol. The average molecular weight is 429 g/mol. The minimum absolute atomic E-state index is 0.0403. The second-order valence-corrected chi connectivity index (χ2v) is 8.04. The number of aryl methyl sites for hydroxylation is 1. The second-order valence-electron chi connectivity index (χ2n) is 6.69. The zero-order valence-corrected chi connectivity index (χ0v) is 17.2. The van der Waals surface area contributed by atoms with Crippen LogP contribution in [0.2, 0.25) is 5.02 Å². The lowest BCUT2D eigenvalue weighted by atomic mass is 10.2. The molecular formula is C20H17ClN4O3S. The third kappa shape index (κ3) is 3.03. The third-order valence-electron chi connectivity index (χ3n) is 4.78. The summed E-state index contributed by atoms with van der Waals surface area (Å²) in [5, 5.41) is 10.6. The summed E-state index contributed by atoms with van der Waals surface area (Å²) in [6, 6.07) is 11.3. The molecule has 0 unspecified atom stereocenters. The molecule has 1 aliphatic rings. The summed E-state index contributed by atoms with van der Waals surface area (Å²) in [4.78, 5) is 12.9. The summed E-state index contributed by atoms with van der Waals surface area (Å²) < 4.78 is 14.5. The minimum Gasteiger partial charge on any atom is -0.454 e. The number of benzene rings is 2. The van der Waals surface area contributed by atoms with Crippen LogP contribution in [0.5, 0.6) is 11.5 Å². The van der Waals surface area contributed by atoms with Crippen LogP contribution in [0.15, 0.2) is 46.3 Å². The number of aromatic nitrogens is 4. The highest BCUT2D eigenvalue weighted by Gasteiger charge is 2.20. The predicted octanol–water partition coefficient (Wildman–Crippen LogP) is 4.13. The first-order valence-electron chi connectivity index (χ1n) is 9.25. The van der Waals surface area contributed by atoms with E-state index >= 15 is 0 Å². The number of rotatable bonds is 5. The molecule has 2 aromatic carbocycles. The van der Waals surface area contributed by atoms with Crippen LogP contribution in [-0.2, 0) is 12.3 Å². The number of para-hydroxylation sites is 1. The molecule has 9 heteroatoms. The van der Waals surface area contributed by atoms with Crippen LogP contribution in [-0.4, -0.2) is 26.0 Å². The lowest BCUT2D eigenvalue weighted by Gasteiger charge is -2.10. The lowest BCUT2D eigenvalue weighted by molar-refractivity contribution is 0.174. The van der Waals surface area contributed by atoms with E-state index in [0.29, 0.717) is 40.0 Å². The molecule has 0 aliphatic carbocycles. The fourth-order valence-electron chi connectivity index (χ4n) is 3.50. The number of thioether (sulfide) groups is 1. The molecule has 0 saturated carbocycles. The van der Waals surface area contributed by atoms with E-state index in [9.17, 15) is 4.79 Å². The standard InChI is InChI=1S/C20H17ClN4O3S/c1-2-7-24-18(26)13-5-3-4-6-15(13)25-19(24)22-23-20(25)29-10-12-8-14(21)17-16(9-12)27-11-28-17/h3-6,8-9H,2,7,10-11H2,1H3. The molecule has 0 bridgehead atoms. The van der Waals surface area contributed by atoms with E-state index in [2.05, 4.69) is 10.2 Å². The third-order valence-corrected chi connectivity index (χ3v) is 6.06. The Kier molecular flexibility index (Phi) is 4.60. The van der Waals surface area contributed by atoms with Gasteiger partial charge in [0.05, 0.1) is 15.9 Å². The molecule has 0 spiro atoms. The van der Waals surface area contributed by atoms with Crippen LogP contribution in [0.25, 0.3) is 16.7 Å². The van der Waals surface area contributed by atoms with Crippen molar-refractivity contribution in [3.05, 3.63) is 57.3 Å². The maximum absolute atomic E-state index is 12.9. The molecule has 1 aliphatic heterocycles. The number of ether oxygens (including phenoxy) is 2. The molecule has 0 fully saturated rings.